The van der Waals surface area contributed by atoms with Crippen molar-refractivity contribution in [3.05, 3.63) is 0 Å². The smallest absolute Gasteiger partial charge is 0.216 e. The average Bonchev–Trinajstić information content (AvgIpc) is 2.45. The van der Waals surface area contributed by atoms with Crippen molar-refractivity contribution in [1.29, 1.82) is 0 Å². The summed E-state index contributed by atoms with van der Waals surface area (Å²) >= 11 is 0. The Morgan fingerprint density at radius 1 is 0.963 bits per heavy atom. The average molecular weight is 383 g/mol. The van der Waals surface area contributed by atoms with Crippen LogP contribution in [0.1, 0.15) is 88.0 Å². The quantitative estimate of drug-likeness (QED) is 0.532. The highest BCUT2D eigenvalue weighted by atomic mass is 16.1. The van der Waals surface area contributed by atoms with Crippen molar-refractivity contribution in [1.82, 2.24) is 10.6 Å². The molecule has 0 aromatic heterocycles. The fourth-order valence-corrected chi connectivity index (χ4v) is 3.20. The molecule has 0 radical (unpaired) electrons. The zero-order valence-electron chi connectivity index (χ0n) is 19.0. The summed E-state index contributed by atoms with van der Waals surface area (Å²) in [5.74, 6) is 0.252. The van der Waals surface area contributed by atoms with Crippen molar-refractivity contribution in [2.45, 2.75) is 99.6 Å². The molecule has 2 N–H and O–H groups in total. The molecule has 0 rings (SSSR count). The third-order valence-electron chi connectivity index (χ3n) is 4.36. The van der Waals surface area contributed by atoms with Crippen LogP contribution < -0.4 is 10.6 Å². The predicted molar refractivity (Wildman–Crippen MR) is 112 cm³/mol. The maximum Gasteiger partial charge on any atom is 0.216 e. The summed E-state index contributed by atoms with van der Waals surface area (Å²) in [7, 11) is 0. The highest BCUT2D eigenvalue weighted by Gasteiger charge is 2.33. The van der Waals surface area contributed by atoms with E-state index in [-0.39, 0.29) is 41.4 Å². The Labute approximate surface area is 166 Å². The van der Waals surface area contributed by atoms with E-state index in [1.807, 2.05) is 20.8 Å². The van der Waals surface area contributed by atoms with E-state index < -0.39 is 5.41 Å². The molecule has 0 aliphatic carbocycles. The fraction of sp³-hybridized carbons (Fsp3) is 0.864. The van der Waals surface area contributed by atoms with E-state index in [4.69, 9.17) is 0 Å². The van der Waals surface area contributed by atoms with Gasteiger partial charge in [0.05, 0.1) is 6.04 Å². The molecule has 0 aliphatic heterocycles. The first-order valence-electron chi connectivity index (χ1n) is 10.2. The fourth-order valence-electron chi connectivity index (χ4n) is 3.20. The molecule has 1 amide bonds. The van der Waals surface area contributed by atoms with Gasteiger partial charge in [-0.15, -0.1) is 0 Å². The van der Waals surface area contributed by atoms with E-state index >= 15 is 0 Å². The monoisotopic (exact) mass is 382 g/mol. The number of nitrogens with one attached hydrogen (secondary N) is 2. The third-order valence-corrected chi connectivity index (χ3v) is 4.36. The topological polar surface area (TPSA) is 75.3 Å². The minimum absolute atomic E-state index is 0.0730. The van der Waals surface area contributed by atoms with Crippen LogP contribution in [0.3, 0.4) is 0 Å². The van der Waals surface area contributed by atoms with Crippen LogP contribution in [-0.2, 0) is 14.4 Å². The Bertz CT molecular complexity index is 499. The second kappa shape index (κ2) is 10.9. The maximum absolute atomic E-state index is 13.1. The molecular weight excluding hydrogens is 340 g/mol. The van der Waals surface area contributed by atoms with E-state index in [0.717, 1.165) is 6.42 Å². The van der Waals surface area contributed by atoms with Crippen LogP contribution >= 0.6 is 0 Å². The molecule has 0 aromatic rings. The summed E-state index contributed by atoms with van der Waals surface area (Å²) in [6.07, 6.45) is 2.34. The van der Waals surface area contributed by atoms with Crippen LogP contribution in [0.2, 0.25) is 0 Å². The van der Waals surface area contributed by atoms with E-state index in [2.05, 4.69) is 45.3 Å². The molecule has 0 heterocycles. The lowest BCUT2D eigenvalue weighted by atomic mass is 9.78. The Morgan fingerprint density at radius 2 is 1.52 bits per heavy atom. The van der Waals surface area contributed by atoms with Crippen molar-refractivity contribution in [3.63, 3.8) is 0 Å². The molecule has 158 valence electrons. The van der Waals surface area contributed by atoms with Crippen molar-refractivity contribution in [2.75, 3.05) is 6.54 Å². The number of ketones is 2. The normalized spacial score (nSPS) is 14.7. The van der Waals surface area contributed by atoms with Crippen LogP contribution in [-0.4, -0.2) is 35.6 Å². The summed E-state index contributed by atoms with van der Waals surface area (Å²) < 4.78 is 0. The van der Waals surface area contributed by atoms with Crippen LogP contribution in [0, 0.1) is 17.3 Å². The molecule has 5 heteroatoms. The van der Waals surface area contributed by atoms with Gasteiger partial charge in [0.25, 0.3) is 0 Å². The molecule has 0 spiro atoms. The van der Waals surface area contributed by atoms with Crippen molar-refractivity contribution >= 4 is 17.5 Å². The van der Waals surface area contributed by atoms with Gasteiger partial charge in [-0.2, -0.15) is 0 Å². The second-order valence-corrected chi connectivity index (χ2v) is 10.2. The molecular formula is C22H42N2O3. The number of Topliss-reactive ketones (excluding diaryl/α,β-unsaturated/α-hetero) is 2. The zero-order valence-corrected chi connectivity index (χ0v) is 19.0. The van der Waals surface area contributed by atoms with E-state index in [1.165, 1.54) is 6.92 Å². The molecule has 5 nitrogen and oxygen atoms in total. The van der Waals surface area contributed by atoms with Gasteiger partial charge in [-0.1, -0.05) is 34.6 Å². The zero-order chi connectivity index (χ0) is 21.4. The van der Waals surface area contributed by atoms with Gasteiger partial charge in [0, 0.05) is 36.8 Å². The summed E-state index contributed by atoms with van der Waals surface area (Å²) in [6.45, 7) is 18.1. The minimum atomic E-state index is -0.482. The second-order valence-electron chi connectivity index (χ2n) is 10.2. The molecule has 27 heavy (non-hydrogen) atoms. The van der Waals surface area contributed by atoms with E-state index in [9.17, 15) is 14.4 Å². The summed E-state index contributed by atoms with van der Waals surface area (Å²) in [5, 5.41) is 6.20. The van der Waals surface area contributed by atoms with Crippen LogP contribution in [0.15, 0.2) is 0 Å². The summed E-state index contributed by atoms with van der Waals surface area (Å²) in [5.41, 5.74) is -0.645. The molecule has 0 aromatic carbocycles. The maximum atomic E-state index is 13.1. The lowest BCUT2D eigenvalue weighted by Gasteiger charge is -2.31. The number of carbonyl (C=O) groups excluding carboxylic acids is 3. The number of amides is 1. The largest absolute Gasteiger partial charge is 0.356 e. The summed E-state index contributed by atoms with van der Waals surface area (Å²) in [6, 6.07) is -0.240. The van der Waals surface area contributed by atoms with Gasteiger partial charge >= 0.3 is 0 Å². The number of carbonyl (C=O) groups is 3. The predicted octanol–water partition coefficient (Wildman–Crippen LogP) is 3.90. The van der Waals surface area contributed by atoms with Gasteiger partial charge in [0.2, 0.25) is 5.91 Å². The first kappa shape index (κ1) is 25.8. The van der Waals surface area contributed by atoms with Crippen LogP contribution in [0.5, 0.6) is 0 Å². The van der Waals surface area contributed by atoms with Crippen LogP contribution in [0.25, 0.3) is 0 Å². The Hall–Kier alpha value is -1.23. The number of hydrogen-bond acceptors (Lipinski definition) is 4. The van der Waals surface area contributed by atoms with Gasteiger partial charge in [0.1, 0.15) is 11.6 Å². The van der Waals surface area contributed by atoms with Crippen molar-refractivity contribution < 1.29 is 14.4 Å². The van der Waals surface area contributed by atoms with Crippen molar-refractivity contribution in [2.24, 2.45) is 17.3 Å². The lowest BCUT2D eigenvalue weighted by molar-refractivity contribution is -0.134. The minimum Gasteiger partial charge on any atom is -0.356 e. The number of rotatable bonds is 11. The first-order chi connectivity index (χ1) is 12.1. The molecule has 0 saturated heterocycles. The number of hydrogen-bond donors (Lipinski definition) is 2. The molecule has 0 aliphatic rings. The van der Waals surface area contributed by atoms with Gasteiger partial charge in [-0.25, -0.2) is 0 Å². The Kier molecular flexibility index (Phi) is 10.4. The molecule has 0 bridgehead atoms. The standard InChI is InChI=1S/C22H42N2O3/c1-15(2)13-18(24-22(7,8)9)19(26)14-17(20(27)21(4,5)6)11-10-12-23-16(3)25/h15,17-18,24H,10-14H2,1-9H3,(H,23,25). The Morgan fingerprint density at radius 3 is 1.93 bits per heavy atom. The SMILES string of the molecule is CC(=O)NCCCC(CC(=O)C(CC(C)C)NC(C)(C)C)C(=O)C(C)(C)C. The highest BCUT2D eigenvalue weighted by Crippen LogP contribution is 2.27. The van der Waals surface area contributed by atoms with Gasteiger partial charge < -0.3 is 10.6 Å². The first-order valence-corrected chi connectivity index (χ1v) is 10.2. The molecule has 2 atom stereocenters. The van der Waals surface area contributed by atoms with Gasteiger partial charge in [-0.3, -0.25) is 14.4 Å². The molecule has 0 fully saturated rings. The highest BCUT2D eigenvalue weighted by molar-refractivity contribution is 5.92. The molecule has 2 unspecified atom stereocenters. The van der Waals surface area contributed by atoms with Gasteiger partial charge in [-0.05, 0) is 46.0 Å². The lowest BCUT2D eigenvalue weighted by Crippen LogP contribution is -2.49. The van der Waals surface area contributed by atoms with Gasteiger partial charge in [0.15, 0.2) is 0 Å². The Balaban J connectivity index is 5.19. The van der Waals surface area contributed by atoms with Crippen molar-refractivity contribution in [3.8, 4) is 0 Å². The summed E-state index contributed by atoms with van der Waals surface area (Å²) in [4.78, 5) is 37.0. The van der Waals surface area contributed by atoms with E-state index in [1.54, 1.807) is 0 Å². The molecule has 0 saturated carbocycles. The third kappa shape index (κ3) is 12.0. The van der Waals surface area contributed by atoms with E-state index in [0.29, 0.717) is 25.3 Å². The van der Waals surface area contributed by atoms with Crippen LogP contribution in [0.4, 0.5) is 0 Å².